The van der Waals surface area contributed by atoms with Crippen molar-refractivity contribution in [3.05, 3.63) is 58.1 Å². The summed E-state index contributed by atoms with van der Waals surface area (Å²) in [5, 5.41) is 3.12. The molecule has 1 aliphatic rings. The standard InChI is InChI=1S/C19H18ClF2NO3/c1-11(7-13-15(21)3-2-4-16(13)22)23-18(24)10-12-8-14(20)19-17(9-12)25-5-6-26-19/h2-4,8-9,11H,5-7,10H2,1H3,(H,23,24). The molecule has 138 valence electrons. The smallest absolute Gasteiger partial charge is 0.224 e. The molecule has 0 spiro atoms. The van der Waals surface area contributed by atoms with Crippen LogP contribution < -0.4 is 14.8 Å². The second-order valence-electron chi connectivity index (χ2n) is 6.15. The van der Waals surface area contributed by atoms with Gasteiger partial charge in [-0.15, -0.1) is 0 Å². The normalized spacial score (nSPS) is 14.0. The van der Waals surface area contributed by atoms with Gasteiger partial charge in [0.2, 0.25) is 5.91 Å². The molecular weight excluding hydrogens is 364 g/mol. The highest BCUT2D eigenvalue weighted by Crippen LogP contribution is 2.38. The Morgan fingerprint density at radius 2 is 1.92 bits per heavy atom. The van der Waals surface area contributed by atoms with Crippen LogP contribution in [0, 0.1) is 11.6 Å². The second kappa shape index (κ2) is 7.91. The molecule has 0 saturated carbocycles. The number of carbonyl (C=O) groups excluding carboxylic acids is 1. The first kappa shape index (κ1) is 18.5. The number of halogens is 3. The van der Waals surface area contributed by atoms with E-state index in [0.29, 0.717) is 35.3 Å². The van der Waals surface area contributed by atoms with Gasteiger partial charge in [0.1, 0.15) is 24.8 Å². The van der Waals surface area contributed by atoms with Crippen molar-refractivity contribution in [3.8, 4) is 11.5 Å². The van der Waals surface area contributed by atoms with Gasteiger partial charge in [-0.3, -0.25) is 4.79 Å². The number of carbonyl (C=O) groups is 1. The fraction of sp³-hybridized carbons (Fsp3) is 0.316. The van der Waals surface area contributed by atoms with E-state index in [2.05, 4.69) is 5.32 Å². The molecule has 1 heterocycles. The zero-order chi connectivity index (χ0) is 18.7. The van der Waals surface area contributed by atoms with Crippen molar-refractivity contribution in [3.63, 3.8) is 0 Å². The summed E-state index contributed by atoms with van der Waals surface area (Å²) in [6.07, 6.45) is 0.132. The van der Waals surface area contributed by atoms with Crippen LogP contribution in [0.25, 0.3) is 0 Å². The Morgan fingerprint density at radius 1 is 1.23 bits per heavy atom. The van der Waals surface area contributed by atoms with Gasteiger partial charge >= 0.3 is 0 Å². The van der Waals surface area contributed by atoms with Crippen molar-refractivity contribution in [1.29, 1.82) is 0 Å². The van der Waals surface area contributed by atoms with E-state index >= 15 is 0 Å². The number of nitrogens with one attached hydrogen (secondary N) is 1. The lowest BCUT2D eigenvalue weighted by Crippen LogP contribution is -2.35. The molecule has 7 heteroatoms. The van der Waals surface area contributed by atoms with Crippen LogP contribution in [-0.2, 0) is 17.6 Å². The Kier molecular flexibility index (Phi) is 5.61. The summed E-state index contributed by atoms with van der Waals surface area (Å²) in [4.78, 5) is 12.2. The molecule has 0 saturated heterocycles. The van der Waals surface area contributed by atoms with E-state index in [9.17, 15) is 13.6 Å². The maximum atomic E-state index is 13.7. The summed E-state index contributed by atoms with van der Waals surface area (Å²) in [5.41, 5.74) is 0.628. The number of hydrogen-bond donors (Lipinski definition) is 1. The number of fused-ring (bicyclic) bond motifs is 1. The minimum absolute atomic E-state index is 0.0392. The van der Waals surface area contributed by atoms with Crippen LogP contribution in [0.5, 0.6) is 11.5 Å². The number of rotatable bonds is 5. The minimum atomic E-state index is -0.621. The van der Waals surface area contributed by atoms with Gasteiger partial charge in [0.15, 0.2) is 11.5 Å². The molecule has 1 amide bonds. The summed E-state index contributed by atoms with van der Waals surface area (Å²) in [6.45, 7) is 2.54. The zero-order valence-electron chi connectivity index (χ0n) is 14.2. The van der Waals surface area contributed by atoms with Crippen molar-refractivity contribution in [2.24, 2.45) is 0 Å². The van der Waals surface area contributed by atoms with Gasteiger partial charge in [0.05, 0.1) is 11.4 Å². The van der Waals surface area contributed by atoms with Crippen molar-refractivity contribution in [1.82, 2.24) is 5.32 Å². The van der Waals surface area contributed by atoms with Crippen molar-refractivity contribution < 1.29 is 23.0 Å². The van der Waals surface area contributed by atoms with Crippen LogP contribution in [0.4, 0.5) is 8.78 Å². The first-order valence-corrected chi connectivity index (χ1v) is 8.62. The van der Waals surface area contributed by atoms with Gasteiger partial charge in [-0.05, 0) is 43.2 Å². The predicted octanol–water partition coefficient (Wildman–Crippen LogP) is 3.68. The second-order valence-corrected chi connectivity index (χ2v) is 6.56. The number of benzene rings is 2. The SMILES string of the molecule is CC(Cc1c(F)cccc1F)NC(=O)Cc1cc(Cl)c2c(c1)OCCO2. The molecule has 0 aliphatic carbocycles. The van der Waals surface area contributed by atoms with E-state index in [1.807, 2.05) is 0 Å². The molecule has 2 aromatic rings. The van der Waals surface area contributed by atoms with E-state index in [1.165, 1.54) is 18.2 Å². The first-order chi connectivity index (χ1) is 12.4. The van der Waals surface area contributed by atoms with Crippen molar-refractivity contribution >= 4 is 17.5 Å². The van der Waals surface area contributed by atoms with Gasteiger partial charge in [0, 0.05) is 11.6 Å². The lowest BCUT2D eigenvalue weighted by molar-refractivity contribution is -0.121. The monoisotopic (exact) mass is 381 g/mol. The molecular formula is C19H18ClF2NO3. The molecule has 0 radical (unpaired) electrons. The van der Waals surface area contributed by atoms with Gasteiger partial charge in [-0.25, -0.2) is 8.78 Å². The van der Waals surface area contributed by atoms with E-state index in [4.69, 9.17) is 21.1 Å². The lowest BCUT2D eigenvalue weighted by atomic mass is 10.0. The van der Waals surface area contributed by atoms with E-state index in [1.54, 1.807) is 19.1 Å². The Morgan fingerprint density at radius 3 is 2.65 bits per heavy atom. The van der Waals surface area contributed by atoms with Crippen LogP contribution in [0.1, 0.15) is 18.1 Å². The van der Waals surface area contributed by atoms with Crippen LogP contribution >= 0.6 is 11.6 Å². The molecule has 1 atom stereocenters. The Bertz CT molecular complexity index is 808. The quantitative estimate of drug-likeness (QED) is 0.859. The zero-order valence-corrected chi connectivity index (χ0v) is 14.9. The molecule has 1 aliphatic heterocycles. The van der Waals surface area contributed by atoms with Crippen LogP contribution in [0.2, 0.25) is 5.02 Å². The highest BCUT2D eigenvalue weighted by atomic mass is 35.5. The van der Waals surface area contributed by atoms with Gasteiger partial charge < -0.3 is 14.8 Å². The van der Waals surface area contributed by atoms with Crippen molar-refractivity contribution in [2.45, 2.75) is 25.8 Å². The topological polar surface area (TPSA) is 47.6 Å². The highest BCUT2D eigenvalue weighted by molar-refractivity contribution is 6.32. The predicted molar refractivity (Wildman–Crippen MR) is 93.8 cm³/mol. The summed E-state index contributed by atoms with van der Waals surface area (Å²) < 4.78 is 38.3. The third-order valence-electron chi connectivity index (χ3n) is 4.00. The maximum Gasteiger partial charge on any atom is 0.224 e. The average molecular weight is 382 g/mol. The van der Waals surface area contributed by atoms with E-state index < -0.39 is 17.7 Å². The highest BCUT2D eigenvalue weighted by Gasteiger charge is 2.19. The first-order valence-electron chi connectivity index (χ1n) is 8.24. The summed E-state index contributed by atoms with van der Waals surface area (Å²) in [7, 11) is 0. The number of ether oxygens (including phenoxy) is 2. The fourth-order valence-corrected chi connectivity index (χ4v) is 3.15. The molecule has 3 rings (SSSR count). The summed E-state index contributed by atoms with van der Waals surface area (Å²) in [6, 6.07) is 6.63. The average Bonchev–Trinajstić information content (AvgIpc) is 2.58. The third kappa shape index (κ3) is 4.25. The lowest BCUT2D eigenvalue weighted by Gasteiger charge is -2.20. The molecule has 1 N–H and O–H groups in total. The summed E-state index contributed by atoms with van der Waals surface area (Å²) >= 11 is 6.16. The van der Waals surface area contributed by atoms with Crippen molar-refractivity contribution in [2.75, 3.05) is 13.2 Å². The van der Waals surface area contributed by atoms with E-state index in [0.717, 1.165) is 0 Å². The molecule has 0 bridgehead atoms. The summed E-state index contributed by atoms with van der Waals surface area (Å²) in [5.74, 6) is -0.532. The van der Waals surface area contributed by atoms with Gasteiger partial charge in [-0.1, -0.05) is 17.7 Å². The van der Waals surface area contributed by atoms with E-state index in [-0.39, 0.29) is 24.3 Å². The maximum absolute atomic E-state index is 13.7. The number of amides is 1. The van der Waals surface area contributed by atoms with Crippen LogP contribution in [0.3, 0.4) is 0 Å². The molecule has 1 unspecified atom stereocenters. The fourth-order valence-electron chi connectivity index (χ4n) is 2.86. The molecule has 0 fully saturated rings. The molecule has 2 aromatic carbocycles. The molecule has 0 aromatic heterocycles. The number of hydrogen-bond acceptors (Lipinski definition) is 3. The van der Waals surface area contributed by atoms with Crippen LogP contribution in [0.15, 0.2) is 30.3 Å². The van der Waals surface area contributed by atoms with Gasteiger partial charge in [0.25, 0.3) is 0 Å². The van der Waals surface area contributed by atoms with Gasteiger partial charge in [-0.2, -0.15) is 0 Å². The third-order valence-corrected chi connectivity index (χ3v) is 4.28. The Hall–Kier alpha value is -2.34. The molecule has 26 heavy (non-hydrogen) atoms. The Balaban J connectivity index is 1.63. The minimum Gasteiger partial charge on any atom is -0.486 e. The van der Waals surface area contributed by atoms with Crippen LogP contribution in [-0.4, -0.2) is 25.2 Å². The molecule has 4 nitrogen and oxygen atoms in total. The Labute approximate surface area is 155 Å². The largest absolute Gasteiger partial charge is 0.486 e.